The van der Waals surface area contributed by atoms with Gasteiger partial charge < -0.3 is 15.5 Å². The lowest BCUT2D eigenvalue weighted by Crippen LogP contribution is -2.45. The van der Waals surface area contributed by atoms with E-state index in [1.165, 1.54) is 0 Å². The van der Waals surface area contributed by atoms with Crippen LogP contribution in [-0.4, -0.2) is 38.9 Å². The van der Waals surface area contributed by atoms with Crippen LogP contribution in [0.15, 0.2) is 12.4 Å². The highest BCUT2D eigenvalue weighted by molar-refractivity contribution is 14.1. The Bertz CT molecular complexity index is 292. The van der Waals surface area contributed by atoms with Gasteiger partial charge in [-0.1, -0.05) is 6.92 Å². The fourth-order valence-electron chi connectivity index (χ4n) is 1.06. The van der Waals surface area contributed by atoms with Gasteiger partial charge in [-0.25, -0.2) is 9.97 Å². The predicted molar refractivity (Wildman–Crippen MR) is 65.6 cm³/mol. The number of aliphatic hydroxyl groups is 2. The van der Waals surface area contributed by atoms with E-state index in [-0.39, 0.29) is 13.2 Å². The molecule has 0 fully saturated rings. The first-order valence-corrected chi connectivity index (χ1v) is 5.71. The highest BCUT2D eigenvalue weighted by Gasteiger charge is 2.27. The molecule has 5 nitrogen and oxygen atoms in total. The smallest absolute Gasteiger partial charge is 0.223 e. The van der Waals surface area contributed by atoms with Crippen molar-refractivity contribution < 1.29 is 10.2 Å². The van der Waals surface area contributed by atoms with Crippen LogP contribution in [0, 0.1) is 3.57 Å². The molecule has 3 N–H and O–H groups in total. The van der Waals surface area contributed by atoms with Crippen molar-refractivity contribution in [2.45, 2.75) is 18.9 Å². The number of halogens is 1. The highest BCUT2D eigenvalue weighted by atomic mass is 127. The monoisotopic (exact) mass is 323 g/mol. The Morgan fingerprint density at radius 3 is 2.27 bits per heavy atom. The first-order chi connectivity index (χ1) is 7.15. The third-order valence-corrected chi connectivity index (χ3v) is 2.84. The topological polar surface area (TPSA) is 78.3 Å². The van der Waals surface area contributed by atoms with Crippen molar-refractivity contribution in [3.63, 3.8) is 0 Å². The van der Waals surface area contributed by atoms with Crippen LogP contribution in [0.3, 0.4) is 0 Å². The van der Waals surface area contributed by atoms with Crippen LogP contribution in [0.1, 0.15) is 13.3 Å². The number of aromatic nitrogens is 2. The Labute approximate surface area is 102 Å². The van der Waals surface area contributed by atoms with Crippen molar-refractivity contribution in [2.75, 3.05) is 18.5 Å². The van der Waals surface area contributed by atoms with Gasteiger partial charge >= 0.3 is 0 Å². The fraction of sp³-hybridized carbons (Fsp3) is 0.556. The summed E-state index contributed by atoms with van der Waals surface area (Å²) in [7, 11) is 0. The minimum absolute atomic E-state index is 0.157. The van der Waals surface area contributed by atoms with Gasteiger partial charge in [0.1, 0.15) is 0 Å². The van der Waals surface area contributed by atoms with E-state index in [0.29, 0.717) is 12.4 Å². The second-order valence-electron chi connectivity index (χ2n) is 3.30. The zero-order valence-electron chi connectivity index (χ0n) is 8.44. The van der Waals surface area contributed by atoms with Crippen LogP contribution < -0.4 is 5.32 Å². The molecule has 0 aliphatic rings. The van der Waals surface area contributed by atoms with Crippen LogP contribution in [-0.2, 0) is 0 Å². The van der Waals surface area contributed by atoms with Crippen molar-refractivity contribution >= 4 is 28.5 Å². The van der Waals surface area contributed by atoms with E-state index in [1.54, 1.807) is 12.4 Å². The summed E-state index contributed by atoms with van der Waals surface area (Å²) in [4.78, 5) is 8.11. The van der Waals surface area contributed by atoms with E-state index in [0.717, 1.165) is 3.57 Å². The zero-order chi connectivity index (χ0) is 11.3. The Morgan fingerprint density at radius 1 is 1.33 bits per heavy atom. The molecule has 0 bridgehead atoms. The third-order valence-electron chi connectivity index (χ3n) is 2.28. The van der Waals surface area contributed by atoms with Crippen LogP contribution in [0.5, 0.6) is 0 Å². The van der Waals surface area contributed by atoms with Crippen LogP contribution >= 0.6 is 22.6 Å². The molecular formula is C9H14IN3O2. The molecule has 84 valence electrons. The normalized spacial score (nSPS) is 11.5. The van der Waals surface area contributed by atoms with Gasteiger partial charge in [0.05, 0.1) is 18.8 Å². The molecule has 1 heterocycles. The van der Waals surface area contributed by atoms with Crippen molar-refractivity contribution in [1.29, 1.82) is 0 Å². The summed E-state index contributed by atoms with van der Waals surface area (Å²) < 4.78 is 0.938. The van der Waals surface area contributed by atoms with E-state index < -0.39 is 5.54 Å². The van der Waals surface area contributed by atoms with Gasteiger partial charge in [-0.3, -0.25) is 0 Å². The van der Waals surface area contributed by atoms with E-state index in [1.807, 2.05) is 6.92 Å². The molecular weight excluding hydrogens is 309 g/mol. The van der Waals surface area contributed by atoms with Gasteiger partial charge in [0.2, 0.25) is 5.95 Å². The van der Waals surface area contributed by atoms with Gasteiger partial charge in [-0.05, 0) is 29.0 Å². The lowest BCUT2D eigenvalue weighted by Gasteiger charge is -2.29. The van der Waals surface area contributed by atoms with Crippen molar-refractivity contribution in [3.8, 4) is 0 Å². The van der Waals surface area contributed by atoms with E-state index in [9.17, 15) is 10.2 Å². The van der Waals surface area contributed by atoms with E-state index >= 15 is 0 Å². The summed E-state index contributed by atoms with van der Waals surface area (Å²) >= 11 is 2.11. The molecule has 0 unspecified atom stereocenters. The highest BCUT2D eigenvalue weighted by Crippen LogP contribution is 2.15. The molecule has 1 aromatic rings. The molecule has 0 spiro atoms. The Morgan fingerprint density at radius 2 is 1.87 bits per heavy atom. The summed E-state index contributed by atoms with van der Waals surface area (Å²) in [5, 5.41) is 21.4. The summed E-state index contributed by atoms with van der Waals surface area (Å²) in [5.74, 6) is 0.417. The number of hydrogen-bond acceptors (Lipinski definition) is 5. The lowest BCUT2D eigenvalue weighted by atomic mass is 9.99. The zero-order valence-corrected chi connectivity index (χ0v) is 10.6. The largest absolute Gasteiger partial charge is 0.394 e. The average molecular weight is 323 g/mol. The molecule has 0 saturated heterocycles. The number of aliphatic hydroxyl groups excluding tert-OH is 2. The molecule has 15 heavy (non-hydrogen) atoms. The number of hydrogen-bond donors (Lipinski definition) is 3. The molecule has 0 aliphatic heterocycles. The average Bonchev–Trinajstić information content (AvgIpc) is 2.29. The van der Waals surface area contributed by atoms with Crippen molar-refractivity contribution in [2.24, 2.45) is 0 Å². The lowest BCUT2D eigenvalue weighted by molar-refractivity contribution is 0.132. The molecule has 0 aromatic carbocycles. The minimum Gasteiger partial charge on any atom is -0.394 e. The van der Waals surface area contributed by atoms with Gasteiger partial charge in [-0.2, -0.15) is 0 Å². The molecule has 1 aromatic heterocycles. The second-order valence-corrected chi connectivity index (χ2v) is 4.55. The van der Waals surface area contributed by atoms with Gasteiger partial charge in [0, 0.05) is 16.0 Å². The van der Waals surface area contributed by atoms with Crippen molar-refractivity contribution in [3.05, 3.63) is 16.0 Å². The Balaban J connectivity index is 2.78. The maximum absolute atomic E-state index is 9.21. The summed E-state index contributed by atoms with van der Waals surface area (Å²) in [6, 6.07) is 0. The van der Waals surface area contributed by atoms with Gasteiger partial charge in [-0.15, -0.1) is 0 Å². The first-order valence-electron chi connectivity index (χ1n) is 4.63. The number of nitrogens with zero attached hydrogens (tertiary/aromatic N) is 2. The third kappa shape index (κ3) is 3.25. The molecule has 0 saturated carbocycles. The maximum atomic E-state index is 9.21. The standard InChI is InChI=1S/C9H14IN3O2/c1-2-9(5-14,6-15)13-8-11-3-7(10)4-12-8/h3-4,14-15H,2,5-6H2,1H3,(H,11,12,13). The molecule has 1 rings (SSSR count). The fourth-order valence-corrected chi connectivity index (χ4v) is 1.33. The molecule has 0 atom stereocenters. The minimum atomic E-state index is -0.743. The van der Waals surface area contributed by atoms with Crippen LogP contribution in [0.2, 0.25) is 0 Å². The van der Waals surface area contributed by atoms with Gasteiger partial charge in [0.15, 0.2) is 0 Å². The number of rotatable bonds is 5. The molecule has 0 aliphatic carbocycles. The number of nitrogens with one attached hydrogen (secondary N) is 1. The SMILES string of the molecule is CCC(CO)(CO)Nc1ncc(I)cn1. The summed E-state index contributed by atoms with van der Waals surface area (Å²) in [6.07, 6.45) is 3.94. The Hall–Kier alpha value is -0.470. The maximum Gasteiger partial charge on any atom is 0.223 e. The van der Waals surface area contributed by atoms with Gasteiger partial charge in [0.25, 0.3) is 0 Å². The van der Waals surface area contributed by atoms with Crippen LogP contribution in [0.25, 0.3) is 0 Å². The quantitative estimate of drug-likeness (QED) is 0.693. The van der Waals surface area contributed by atoms with E-state index in [4.69, 9.17) is 0 Å². The second kappa shape index (κ2) is 5.57. The molecule has 6 heteroatoms. The number of anilines is 1. The van der Waals surface area contributed by atoms with Crippen molar-refractivity contribution in [1.82, 2.24) is 9.97 Å². The predicted octanol–water partition coefficient (Wildman–Crippen LogP) is 0.626. The summed E-state index contributed by atoms with van der Waals surface area (Å²) in [5.41, 5.74) is -0.743. The first kappa shape index (κ1) is 12.6. The molecule has 0 amide bonds. The van der Waals surface area contributed by atoms with E-state index in [2.05, 4.69) is 37.9 Å². The Kier molecular flexibility index (Phi) is 4.68. The molecule has 0 radical (unpaired) electrons. The summed E-state index contributed by atoms with van der Waals surface area (Å²) in [6.45, 7) is 1.57. The van der Waals surface area contributed by atoms with Crippen LogP contribution in [0.4, 0.5) is 5.95 Å².